The lowest BCUT2D eigenvalue weighted by atomic mass is 10.0. The van der Waals surface area contributed by atoms with Gasteiger partial charge in [-0.25, -0.2) is 4.36 Å². The van der Waals surface area contributed by atoms with Gasteiger partial charge in [0.1, 0.15) is 0 Å². The first-order valence-corrected chi connectivity index (χ1v) is 7.15. The van der Waals surface area contributed by atoms with E-state index in [1.807, 2.05) is 0 Å². The molecule has 0 bridgehead atoms. The van der Waals surface area contributed by atoms with E-state index >= 15 is 0 Å². The highest BCUT2D eigenvalue weighted by atomic mass is 32.2. The van der Waals surface area contributed by atoms with Gasteiger partial charge in [0.15, 0.2) is 0 Å². The average molecular weight is 241 g/mol. The second kappa shape index (κ2) is 4.11. The molecule has 1 heterocycles. The molecule has 17 heavy (non-hydrogen) atoms. The molecule has 0 amide bonds. The van der Waals surface area contributed by atoms with Gasteiger partial charge in [-0.2, -0.15) is 0 Å². The van der Waals surface area contributed by atoms with E-state index in [1.54, 1.807) is 0 Å². The van der Waals surface area contributed by atoms with Gasteiger partial charge in [-0.1, -0.05) is 60.9 Å². The van der Waals surface area contributed by atoms with Crippen molar-refractivity contribution in [2.24, 2.45) is 4.36 Å². The summed E-state index contributed by atoms with van der Waals surface area (Å²) in [6, 6.07) is 17.1. The maximum Gasteiger partial charge on any atom is 0.0785 e. The Hall–Kier alpha value is -1.41. The van der Waals surface area contributed by atoms with Crippen molar-refractivity contribution in [3.05, 3.63) is 48.5 Å². The Morgan fingerprint density at radius 1 is 0.882 bits per heavy atom. The van der Waals surface area contributed by atoms with Crippen LogP contribution in [0.15, 0.2) is 57.8 Å². The van der Waals surface area contributed by atoms with Crippen LogP contribution in [-0.4, -0.2) is 5.25 Å². The van der Waals surface area contributed by atoms with Crippen LogP contribution in [0.25, 0.3) is 11.1 Å². The van der Waals surface area contributed by atoms with Gasteiger partial charge in [0, 0.05) is 15.7 Å². The summed E-state index contributed by atoms with van der Waals surface area (Å²) in [5.41, 5.74) is 3.77. The van der Waals surface area contributed by atoms with Gasteiger partial charge in [0.2, 0.25) is 0 Å². The minimum Gasteiger partial charge on any atom is -0.222 e. The van der Waals surface area contributed by atoms with Gasteiger partial charge < -0.3 is 0 Å². The molecule has 0 aromatic heterocycles. The van der Waals surface area contributed by atoms with Crippen molar-refractivity contribution in [2.75, 3.05) is 0 Å². The molecule has 2 heteroatoms. The summed E-state index contributed by atoms with van der Waals surface area (Å²) in [6.07, 6.45) is 0. The molecule has 0 aliphatic carbocycles. The summed E-state index contributed by atoms with van der Waals surface area (Å²) in [5.74, 6) is 0. The summed E-state index contributed by atoms with van der Waals surface area (Å²) in [4.78, 5) is 1.39. The molecule has 0 saturated heterocycles. The first kappa shape index (κ1) is 10.7. The minimum absolute atomic E-state index is 0.00769. The van der Waals surface area contributed by atoms with E-state index in [0.717, 1.165) is 5.69 Å². The first-order chi connectivity index (χ1) is 8.27. The lowest BCUT2D eigenvalue weighted by Gasteiger charge is -2.22. The minimum atomic E-state index is -0.00769. The quantitative estimate of drug-likeness (QED) is 0.693. The molecule has 1 nitrogen and oxygen atoms in total. The van der Waals surface area contributed by atoms with Crippen LogP contribution < -0.4 is 0 Å². The van der Waals surface area contributed by atoms with Crippen molar-refractivity contribution in [1.82, 2.24) is 0 Å². The molecule has 1 aliphatic heterocycles. The normalized spacial score (nSPS) is 17.2. The third-order valence-electron chi connectivity index (χ3n) is 2.95. The molecule has 3 rings (SSSR count). The Bertz CT molecular complexity index is 599. The first-order valence-electron chi connectivity index (χ1n) is 5.91. The summed E-state index contributed by atoms with van der Waals surface area (Å²) in [7, 11) is -0.00769. The lowest BCUT2D eigenvalue weighted by molar-refractivity contribution is 1.09. The van der Waals surface area contributed by atoms with Crippen molar-refractivity contribution < 1.29 is 0 Å². The Labute approximate surface area is 105 Å². The summed E-state index contributed by atoms with van der Waals surface area (Å²) >= 11 is 0. The zero-order valence-corrected chi connectivity index (χ0v) is 10.9. The Balaban J connectivity index is 2.33. The Morgan fingerprint density at radius 3 is 2.29 bits per heavy atom. The average Bonchev–Trinajstić information content (AvgIpc) is 2.37. The number of benzene rings is 2. The smallest absolute Gasteiger partial charge is 0.0785 e. The second-order valence-corrected chi connectivity index (χ2v) is 6.66. The van der Waals surface area contributed by atoms with E-state index in [-0.39, 0.29) is 10.7 Å². The Morgan fingerprint density at radius 2 is 1.53 bits per heavy atom. The molecule has 0 spiro atoms. The molecule has 86 valence electrons. The van der Waals surface area contributed by atoms with Gasteiger partial charge in [0.05, 0.1) is 5.69 Å². The maximum atomic E-state index is 4.91. The predicted octanol–water partition coefficient (Wildman–Crippen LogP) is 4.57. The largest absolute Gasteiger partial charge is 0.222 e. The highest BCUT2D eigenvalue weighted by Crippen LogP contribution is 2.40. The summed E-state index contributed by atoms with van der Waals surface area (Å²) < 4.78 is 4.91. The predicted molar refractivity (Wildman–Crippen MR) is 74.7 cm³/mol. The van der Waals surface area contributed by atoms with Gasteiger partial charge in [-0.05, 0) is 17.7 Å². The topological polar surface area (TPSA) is 12.4 Å². The molecular weight excluding hydrogens is 226 g/mol. The van der Waals surface area contributed by atoms with Crippen molar-refractivity contribution >= 4 is 16.4 Å². The molecule has 0 radical (unpaired) electrons. The van der Waals surface area contributed by atoms with Crippen LogP contribution in [0.2, 0.25) is 0 Å². The molecule has 0 fully saturated rings. The fourth-order valence-corrected chi connectivity index (χ4v) is 3.98. The summed E-state index contributed by atoms with van der Waals surface area (Å²) in [5, 5.41) is 0.560. The van der Waals surface area contributed by atoms with Crippen LogP contribution in [0.5, 0.6) is 0 Å². The van der Waals surface area contributed by atoms with Crippen LogP contribution in [0.4, 0.5) is 5.69 Å². The molecule has 2 aromatic rings. The SMILES string of the molecule is CC(C)S1=Nc2ccccc2-c2ccccc21. The number of nitrogens with zero attached hydrogens (tertiary/aromatic N) is 1. The van der Waals surface area contributed by atoms with Crippen LogP contribution in [0.1, 0.15) is 13.8 Å². The van der Waals surface area contributed by atoms with Gasteiger partial charge in [-0.3, -0.25) is 0 Å². The number of fused-ring (bicyclic) bond motifs is 3. The second-order valence-electron chi connectivity index (χ2n) is 4.47. The van der Waals surface area contributed by atoms with Crippen LogP contribution in [-0.2, 0) is 10.7 Å². The zero-order chi connectivity index (χ0) is 11.8. The Kier molecular flexibility index (Phi) is 2.60. The van der Waals surface area contributed by atoms with E-state index in [9.17, 15) is 0 Å². The van der Waals surface area contributed by atoms with Gasteiger partial charge >= 0.3 is 0 Å². The molecule has 2 aromatic carbocycles. The third-order valence-corrected chi connectivity index (χ3v) is 5.04. The number of hydrogen-bond acceptors (Lipinski definition) is 1. The standard InChI is InChI=1S/C15H15NS/c1-11(2)17-15-10-6-4-8-13(15)12-7-3-5-9-14(12)16-17/h3-11H,1-2H3. The molecule has 0 N–H and O–H groups in total. The van der Waals surface area contributed by atoms with Crippen molar-refractivity contribution in [3.8, 4) is 11.1 Å². The van der Waals surface area contributed by atoms with Crippen LogP contribution in [0, 0.1) is 0 Å². The van der Waals surface area contributed by atoms with Crippen molar-refractivity contribution in [2.45, 2.75) is 24.0 Å². The molecule has 1 aliphatic rings. The van der Waals surface area contributed by atoms with E-state index in [1.165, 1.54) is 16.0 Å². The lowest BCUT2D eigenvalue weighted by Crippen LogP contribution is -2.09. The van der Waals surface area contributed by atoms with Crippen molar-refractivity contribution in [1.29, 1.82) is 0 Å². The van der Waals surface area contributed by atoms with Gasteiger partial charge in [-0.15, -0.1) is 0 Å². The monoisotopic (exact) mass is 241 g/mol. The van der Waals surface area contributed by atoms with Crippen LogP contribution in [0.3, 0.4) is 0 Å². The van der Waals surface area contributed by atoms with E-state index < -0.39 is 0 Å². The fraction of sp³-hybridized carbons (Fsp3) is 0.200. The van der Waals surface area contributed by atoms with E-state index in [0.29, 0.717) is 5.25 Å². The molecule has 1 unspecified atom stereocenters. The maximum absolute atomic E-state index is 4.91. The van der Waals surface area contributed by atoms with Crippen molar-refractivity contribution in [3.63, 3.8) is 0 Å². The van der Waals surface area contributed by atoms with Gasteiger partial charge in [0.25, 0.3) is 0 Å². The molecule has 0 saturated carbocycles. The van der Waals surface area contributed by atoms with Crippen LogP contribution >= 0.6 is 0 Å². The highest BCUT2D eigenvalue weighted by Gasteiger charge is 2.19. The number of rotatable bonds is 1. The van der Waals surface area contributed by atoms with E-state index in [4.69, 9.17) is 4.36 Å². The molecular formula is C15H15NS. The summed E-state index contributed by atoms with van der Waals surface area (Å²) in [6.45, 7) is 4.49. The van der Waals surface area contributed by atoms with E-state index in [2.05, 4.69) is 62.4 Å². The number of hydrogen-bond donors (Lipinski definition) is 0. The highest BCUT2D eigenvalue weighted by molar-refractivity contribution is 7.88. The third kappa shape index (κ3) is 1.73. The molecule has 1 atom stereocenters. The zero-order valence-electron chi connectivity index (χ0n) is 10.1. The fourth-order valence-electron chi connectivity index (χ4n) is 2.17.